The van der Waals surface area contributed by atoms with Gasteiger partial charge in [0, 0.05) is 42.0 Å². The molecule has 2 heterocycles. The van der Waals surface area contributed by atoms with E-state index in [0.717, 1.165) is 16.5 Å². The molecule has 22 heavy (non-hydrogen) atoms. The molecule has 6 nitrogen and oxygen atoms in total. The Morgan fingerprint density at radius 3 is 2.91 bits per heavy atom. The molecule has 3 rings (SSSR count). The van der Waals surface area contributed by atoms with Gasteiger partial charge in [0.05, 0.1) is 11.8 Å². The average molecular weight is 294 g/mol. The van der Waals surface area contributed by atoms with Crippen LogP contribution < -0.4 is 11.0 Å². The van der Waals surface area contributed by atoms with Crippen molar-refractivity contribution in [2.45, 2.75) is 0 Å². The molecule has 0 unspecified atom stereocenters. The van der Waals surface area contributed by atoms with Crippen molar-refractivity contribution in [3.05, 3.63) is 70.3 Å². The van der Waals surface area contributed by atoms with Crippen LogP contribution in [0.5, 0.6) is 0 Å². The maximum atomic E-state index is 12.0. The number of aromatic nitrogens is 2. The van der Waals surface area contributed by atoms with E-state index in [-0.39, 0.29) is 11.5 Å². The van der Waals surface area contributed by atoms with Crippen molar-refractivity contribution in [3.63, 3.8) is 0 Å². The summed E-state index contributed by atoms with van der Waals surface area (Å²) in [6, 6.07) is 10.6. The summed E-state index contributed by atoms with van der Waals surface area (Å²) in [5.41, 5.74) is 4.55. The first-order chi connectivity index (χ1) is 10.6. The summed E-state index contributed by atoms with van der Waals surface area (Å²) in [6.45, 7) is 0. The maximum Gasteiger partial charge on any atom is 0.272 e. The first kappa shape index (κ1) is 13.8. The van der Waals surface area contributed by atoms with E-state index in [1.54, 1.807) is 13.3 Å². The predicted molar refractivity (Wildman–Crippen MR) is 85.0 cm³/mol. The molecule has 0 radical (unpaired) electrons. The molecule has 3 aromatic rings. The van der Waals surface area contributed by atoms with Gasteiger partial charge in [-0.15, -0.1) is 0 Å². The lowest BCUT2D eigenvalue weighted by atomic mass is 10.2. The molecule has 0 saturated heterocycles. The second-order valence-corrected chi connectivity index (χ2v) is 4.86. The number of rotatable bonds is 3. The summed E-state index contributed by atoms with van der Waals surface area (Å²) in [5.74, 6) is -0.369. The summed E-state index contributed by atoms with van der Waals surface area (Å²) in [7, 11) is 1.59. The smallest absolute Gasteiger partial charge is 0.272 e. The van der Waals surface area contributed by atoms with Crippen LogP contribution in [0.4, 0.5) is 0 Å². The Balaban J connectivity index is 1.75. The van der Waals surface area contributed by atoms with Crippen molar-refractivity contribution in [1.82, 2.24) is 15.0 Å². The van der Waals surface area contributed by atoms with Gasteiger partial charge in [-0.1, -0.05) is 18.2 Å². The Morgan fingerprint density at radius 1 is 1.27 bits per heavy atom. The Morgan fingerprint density at radius 2 is 2.09 bits per heavy atom. The molecule has 0 saturated carbocycles. The van der Waals surface area contributed by atoms with Gasteiger partial charge in [-0.2, -0.15) is 5.10 Å². The number of pyridine rings is 1. The summed E-state index contributed by atoms with van der Waals surface area (Å²) < 4.78 is 1.35. The molecule has 6 heteroatoms. The van der Waals surface area contributed by atoms with Crippen LogP contribution in [0.15, 0.2) is 58.7 Å². The topological polar surface area (TPSA) is 79.2 Å². The molecule has 1 amide bonds. The largest absolute Gasteiger partial charge is 0.361 e. The number of amides is 1. The number of nitrogens with one attached hydrogen (secondary N) is 2. The van der Waals surface area contributed by atoms with Crippen LogP contribution in [-0.4, -0.2) is 21.7 Å². The lowest BCUT2D eigenvalue weighted by Gasteiger charge is -2.01. The van der Waals surface area contributed by atoms with E-state index >= 15 is 0 Å². The zero-order valence-electron chi connectivity index (χ0n) is 11.9. The average Bonchev–Trinajstić information content (AvgIpc) is 2.93. The van der Waals surface area contributed by atoms with Crippen molar-refractivity contribution in [3.8, 4) is 0 Å². The number of fused-ring (bicyclic) bond motifs is 1. The van der Waals surface area contributed by atoms with E-state index in [2.05, 4.69) is 15.5 Å². The molecular weight excluding hydrogens is 280 g/mol. The fraction of sp³-hybridized carbons (Fsp3) is 0.0625. The number of nitrogens with zero attached hydrogens (tertiary/aromatic N) is 2. The second kappa shape index (κ2) is 5.69. The number of benzene rings is 1. The highest BCUT2D eigenvalue weighted by Gasteiger charge is 2.05. The first-order valence-electron chi connectivity index (χ1n) is 6.71. The summed E-state index contributed by atoms with van der Waals surface area (Å²) in [4.78, 5) is 26.4. The Kier molecular flexibility index (Phi) is 3.57. The van der Waals surface area contributed by atoms with E-state index in [9.17, 15) is 9.59 Å². The van der Waals surface area contributed by atoms with Gasteiger partial charge in [-0.25, -0.2) is 5.43 Å². The molecule has 2 aromatic heterocycles. The number of aryl methyl sites for hydroxylation is 1. The Hall–Kier alpha value is -3.15. The maximum absolute atomic E-state index is 12.0. The van der Waals surface area contributed by atoms with Crippen molar-refractivity contribution < 1.29 is 4.79 Å². The van der Waals surface area contributed by atoms with Gasteiger partial charge in [0.25, 0.3) is 5.91 Å². The highest BCUT2D eigenvalue weighted by molar-refractivity contribution is 6.00. The summed E-state index contributed by atoms with van der Waals surface area (Å²) in [6.07, 6.45) is 4.88. The van der Waals surface area contributed by atoms with E-state index in [1.807, 2.05) is 30.5 Å². The van der Waals surface area contributed by atoms with Gasteiger partial charge in [-0.05, 0) is 12.1 Å². The van der Waals surface area contributed by atoms with Crippen LogP contribution in [0.2, 0.25) is 0 Å². The molecule has 0 aliphatic rings. The van der Waals surface area contributed by atoms with Gasteiger partial charge >= 0.3 is 0 Å². The third-order valence-corrected chi connectivity index (χ3v) is 3.34. The van der Waals surface area contributed by atoms with Gasteiger partial charge in [-0.3, -0.25) is 9.59 Å². The number of carbonyl (C=O) groups excluding carboxylic acids is 1. The Labute approximate surface area is 126 Å². The van der Waals surface area contributed by atoms with E-state index in [1.165, 1.54) is 22.9 Å². The minimum atomic E-state index is -0.369. The van der Waals surface area contributed by atoms with Crippen LogP contribution in [0.25, 0.3) is 10.9 Å². The number of hydrogen-bond acceptors (Lipinski definition) is 3. The monoisotopic (exact) mass is 294 g/mol. The minimum Gasteiger partial charge on any atom is -0.361 e. The van der Waals surface area contributed by atoms with Crippen LogP contribution in [0.1, 0.15) is 15.9 Å². The molecule has 1 aromatic carbocycles. The molecule has 0 aliphatic heterocycles. The minimum absolute atomic E-state index is 0.168. The molecule has 0 aliphatic carbocycles. The third kappa shape index (κ3) is 2.67. The van der Waals surface area contributed by atoms with Gasteiger partial charge in [0.2, 0.25) is 5.56 Å². The van der Waals surface area contributed by atoms with Crippen LogP contribution in [-0.2, 0) is 7.05 Å². The van der Waals surface area contributed by atoms with Gasteiger partial charge in [0.1, 0.15) is 0 Å². The number of aromatic amines is 1. The first-order valence-corrected chi connectivity index (χ1v) is 6.71. The van der Waals surface area contributed by atoms with Crippen LogP contribution >= 0.6 is 0 Å². The molecule has 0 atom stereocenters. The van der Waals surface area contributed by atoms with Crippen molar-refractivity contribution in [2.75, 3.05) is 0 Å². The third-order valence-electron chi connectivity index (χ3n) is 3.34. The normalized spacial score (nSPS) is 11.1. The van der Waals surface area contributed by atoms with Gasteiger partial charge in [0.15, 0.2) is 0 Å². The second-order valence-electron chi connectivity index (χ2n) is 4.86. The fourth-order valence-electron chi connectivity index (χ4n) is 2.15. The molecule has 0 fully saturated rings. The SMILES string of the molecule is Cn1cc(C(=O)NN=Cc2c[nH]c3ccccc23)ccc1=O. The zero-order chi connectivity index (χ0) is 15.5. The fourth-order valence-corrected chi connectivity index (χ4v) is 2.15. The van der Waals surface area contributed by atoms with Gasteiger partial charge < -0.3 is 9.55 Å². The molecule has 110 valence electrons. The van der Waals surface area contributed by atoms with Crippen molar-refractivity contribution in [2.24, 2.45) is 12.1 Å². The van der Waals surface area contributed by atoms with E-state index < -0.39 is 0 Å². The number of para-hydroxylation sites is 1. The van der Waals surface area contributed by atoms with Crippen molar-refractivity contribution >= 4 is 23.0 Å². The number of carbonyl (C=O) groups is 1. The molecule has 0 spiro atoms. The van der Waals surface area contributed by atoms with Crippen molar-refractivity contribution in [1.29, 1.82) is 0 Å². The zero-order valence-corrected chi connectivity index (χ0v) is 11.9. The summed E-state index contributed by atoms with van der Waals surface area (Å²) >= 11 is 0. The molecular formula is C16H14N4O2. The number of hydrazone groups is 1. The predicted octanol–water partition coefficient (Wildman–Crippen LogP) is 1.63. The Bertz CT molecular complexity index is 921. The number of hydrogen-bond donors (Lipinski definition) is 2. The molecule has 2 N–H and O–H groups in total. The highest BCUT2D eigenvalue weighted by Crippen LogP contribution is 2.15. The highest BCUT2D eigenvalue weighted by atomic mass is 16.2. The van der Waals surface area contributed by atoms with E-state index in [0.29, 0.717) is 5.56 Å². The summed E-state index contributed by atoms with van der Waals surface area (Å²) in [5, 5.41) is 4.99. The quantitative estimate of drug-likeness (QED) is 0.569. The molecule has 0 bridgehead atoms. The van der Waals surface area contributed by atoms with E-state index in [4.69, 9.17) is 0 Å². The lowest BCUT2D eigenvalue weighted by Crippen LogP contribution is -2.22. The standard InChI is InChI=1S/C16H14N4O2/c1-20-10-11(6-7-15(20)21)16(22)19-18-9-12-8-17-14-5-3-2-4-13(12)14/h2-10,17H,1H3,(H,19,22). The van der Waals surface area contributed by atoms with Crippen LogP contribution in [0, 0.1) is 0 Å². The van der Waals surface area contributed by atoms with Crippen LogP contribution in [0.3, 0.4) is 0 Å². The number of H-pyrrole nitrogens is 1. The lowest BCUT2D eigenvalue weighted by molar-refractivity contribution is 0.0954.